The highest BCUT2D eigenvalue weighted by atomic mass is 32.1. The molecule has 0 aliphatic heterocycles. The molecule has 0 aliphatic carbocycles. The van der Waals surface area contributed by atoms with Crippen LogP contribution in [-0.2, 0) is 6.54 Å². The number of hydrogen-bond donors (Lipinski definition) is 1. The minimum Gasteiger partial charge on any atom is -0.311 e. The molecule has 3 nitrogen and oxygen atoms in total. The number of imidazole rings is 1. The Bertz CT molecular complexity index is 628. The van der Waals surface area contributed by atoms with E-state index in [0.29, 0.717) is 5.92 Å². The molecular formula is C16H19N3S. The molecule has 0 radical (unpaired) electrons. The standard InChI is InChI=1S/C16H19N3S/c1-13(14-5-3-2-4-6-14)7-8-17-11-15-12-19-9-10-20-16(19)18-15/h2-6,9-10,12-13,17H,7-8,11H2,1H3. The molecule has 20 heavy (non-hydrogen) atoms. The molecule has 1 aromatic carbocycles. The molecule has 1 atom stereocenters. The third kappa shape index (κ3) is 3.08. The van der Waals surface area contributed by atoms with Crippen molar-refractivity contribution in [1.29, 1.82) is 0 Å². The number of benzene rings is 1. The van der Waals surface area contributed by atoms with Gasteiger partial charge in [0, 0.05) is 24.3 Å². The highest BCUT2D eigenvalue weighted by Crippen LogP contribution is 2.17. The van der Waals surface area contributed by atoms with Crippen molar-refractivity contribution in [2.45, 2.75) is 25.8 Å². The Labute approximate surface area is 123 Å². The van der Waals surface area contributed by atoms with Crippen LogP contribution < -0.4 is 5.32 Å². The maximum Gasteiger partial charge on any atom is 0.193 e. The Hall–Kier alpha value is -1.65. The van der Waals surface area contributed by atoms with Crippen LogP contribution in [-0.4, -0.2) is 15.9 Å². The van der Waals surface area contributed by atoms with Crippen molar-refractivity contribution in [2.75, 3.05) is 6.54 Å². The molecule has 3 rings (SSSR count). The van der Waals surface area contributed by atoms with Gasteiger partial charge >= 0.3 is 0 Å². The molecule has 0 saturated carbocycles. The van der Waals surface area contributed by atoms with Gasteiger partial charge in [0.05, 0.1) is 5.69 Å². The first-order valence-electron chi connectivity index (χ1n) is 6.99. The first kappa shape index (κ1) is 13.3. The summed E-state index contributed by atoms with van der Waals surface area (Å²) in [7, 11) is 0. The van der Waals surface area contributed by atoms with Gasteiger partial charge in [-0.3, -0.25) is 4.40 Å². The van der Waals surface area contributed by atoms with Gasteiger partial charge in [-0.15, -0.1) is 11.3 Å². The summed E-state index contributed by atoms with van der Waals surface area (Å²) in [6.45, 7) is 4.14. The second-order valence-electron chi connectivity index (χ2n) is 5.10. The number of nitrogens with one attached hydrogen (secondary N) is 1. The molecule has 104 valence electrons. The van der Waals surface area contributed by atoms with Crippen molar-refractivity contribution in [2.24, 2.45) is 0 Å². The average molecular weight is 285 g/mol. The first-order valence-corrected chi connectivity index (χ1v) is 7.87. The fraction of sp³-hybridized carbons (Fsp3) is 0.312. The molecule has 0 amide bonds. The molecular weight excluding hydrogens is 266 g/mol. The minimum atomic E-state index is 0.592. The molecule has 1 N–H and O–H groups in total. The van der Waals surface area contributed by atoms with Crippen molar-refractivity contribution in [3.8, 4) is 0 Å². The summed E-state index contributed by atoms with van der Waals surface area (Å²) in [6.07, 6.45) is 5.29. The molecule has 2 heterocycles. The molecule has 0 saturated heterocycles. The SMILES string of the molecule is CC(CCNCc1cn2ccsc2n1)c1ccccc1. The lowest BCUT2D eigenvalue weighted by atomic mass is 9.98. The molecule has 0 aliphatic rings. The van der Waals surface area contributed by atoms with Gasteiger partial charge in [-0.25, -0.2) is 4.98 Å². The van der Waals surface area contributed by atoms with E-state index < -0.39 is 0 Å². The van der Waals surface area contributed by atoms with Gasteiger partial charge in [0.2, 0.25) is 0 Å². The Kier molecular flexibility index (Phi) is 4.14. The van der Waals surface area contributed by atoms with Crippen LogP contribution in [0.25, 0.3) is 4.96 Å². The van der Waals surface area contributed by atoms with Gasteiger partial charge < -0.3 is 5.32 Å². The maximum absolute atomic E-state index is 4.57. The van der Waals surface area contributed by atoms with Crippen molar-refractivity contribution >= 4 is 16.3 Å². The third-order valence-corrected chi connectivity index (χ3v) is 4.34. The van der Waals surface area contributed by atoms with Crippen molar-refractivity contribution in [3.63, 3.8) is 0 Å². The summed E-state index contributed by atoms with van der Waals surface area (Å²) in [5.41, 5.74) is 2.53. The summed E-state index contributed by atoms with van der Waals surface area (Å²) in [6, 6.07) is 10.7. The topological polar surface area (TPSA) is 29.3 Å². The average Bonchev–Trinajstić information content (AvgIpc) is 3.05. The lowest BCUT2D eigenvalue weighted by Crippen LogP contribution is -2.16. The fourth-order valence-electron chi connectivity index (χ4n) is 2.34. The van der Waals surface area contributed by atoms with Crippen LogP contribution in [0.3, 0.4) is 0 Å². The lowest BCUT2D eigenvalue weighted by Gasteiger charge is -2.11. The Morgan fingerprint density at radius 1 is 1.30 bits per heavy atom. The maximum atomic E-state index is 4.57. The second-order valence-corrected chi connectivity index (χ2v) is 5.98. The van der Waals surface area contributed by atoms with Gasteiger partial charge in [0.1, 0.15) is 0 Å². The van der Waals surface area contributed by atoms with E-state index in [1.165, 1.54) is 5.56 Å². The van der Waals surface area contributed by atoms with E-state index in [-0.39, 0.29) is 0 Å². The highest BCUT2D eigenvalue weighted by Gasteiger charge is 2.05. The van der Waals surface area contributed by atoms with Crippen molar-refractivity contribution < 1.29 is 0 Å². The summed E-state index contributed by atoms with van der Waals surface area (Å²) in [5, 5.41) is 5.54. The largest absolute Gasteiger partial charge is 0.311 e. The minimum absolute atomic E-state index is 0.592. The van der Waals surface area contributed by atoms with Crippen LogP contribution >= 0.6 is 11.3 Å². The van der Waals surface area contributed by atoms with Gasteiger partial charge in [0.15, 0.2) is 4.96 Å². The smallest absolute Gasteiger partial charge is 0.193 e. The van der Waals surface area contributed by atoms with Crippen LogP contribution in [0.5, 0.6) is 0 Å². The molecule has 0 fully saturated rings. The second kappa shape index (κ2) is 6.20. The molecule has 3 aromatic rings. The summed E-state index contributed by atoms with van der Waals surface area (Å²) in [5.74, 6) is 0.592. The van der Waals surface area contributed by atoms with E-state index in [4.69, 9.17) is 0 Å². The van der Waals surface area contributed by atoms with Crippen molar-refractivity contribution in [1.82, 2.24) is 14.7 Å². The normalized spacial score (nSPS) is 12.8. The molecule has 0 bridgehead atoms. The quantitative estimate of drug-likeness (QED) is 0.700. The number of fused-ring (bicyclic) bond motifs is 1. The number of nitrogens with zero attached hydrogens (tertiary/aromatic N) is 2. The van der Waals surface area contributed by atoms with E-state index in [2.05, 4.69) is 63.5 Å². The summed E-state index contributed by atoms with van der Waals surface area (Å²) >= 11 is 1.67. The Balaban J connectivity index is 1.45. The summed E-state index contributed by atoms with van der Waals surface area (Å²) in [4.78, 5) is 5.64. The van der Waals surface area contributed by atoms with Crippen LogP contribution in [0.15, 0.2) is 48.1 Å². The molecule has 0 spiro atoms. The molecule has 4 heteroatoms. The van der Waals surface area contributed by atoms with Gasteiger partial charge in [-0.2, -0.15) is 0 Å². The highest BCUT2D eigenvalue weighted by molar-refractivity contribution is 7.15. The number of hydrogen-bond acceptors (Lipinski definition) is 3. The third-order valence-electron chi connectivity index (χ3n) is 3.57. The van der Waals surface area contributed by atoms with Crippen LogP contribution in [0.1, 0.15) is 30.5 Å². The monoisotopic (exact) mass is 285 g/mol. The van der Waals surface area contributed by atoms with E-state index in [1.807, 2.05) is 6.20 Å². The first-order chi connectivity index (χ1) is 9.83. The molecule has 1 unspecified atom stereocenters. The molecule has 2 aromatic heterocycles. The van der Waals surface area contributed by atoms with Crippen LogP contribution in [0, 0.1) is 0 Å². The summed E-state index contributed by atoms with van der Waals surface area (Å²) < 4.78 is 2.08. The van der Waals surface area contributed by atoms with Crippen LogP contribution in [0.4, 0.5) is 0 Å². The van der Waals surface area contributed by atoms with E-state index in [1.54, 1.807) is 11.3 Å². The predicted octanol–water partition coefficient (Wildman–Crippen LogP) is 3.68. The zero-order valence-corrected chi connectivity index (χ0v) is 12.4. The zero-order valence-electron chi connectivity index (χ0n) is 11.6. The van der Waals surface area contributed by atoms with Gasteiger partial charge in [-0.1, -0.05) is 37.3 Å². The van der Waals surface area contributed by atoms with Crippen LogP contribution in [0.2, 0.25) is 0 Å². The van der Waals surface area contributed by atoms with Crippen molar-refractivity contribution in [3.05, 3.63) is 59.4 Å². The van der Waals surface area contributed by atoms with Gasteiger partial charge in [0.25, 0.3) is 0 Å². The number of thiazole rings is 1. The van der Waals surface area contributed by atoms with E-state index >= 15 is 0 Å². The predicted molar refractivity (Wildman–Crippen MR) is 84.2 cm³/mol. The number of aromatic nitrogens is 2. The fourth-order valence-corrected chi connectivity index (χ4v) is 3.06. The zero-order chi connectivity index (χ0) is 13.8. The van der Waals surface area contributed by atoms with E-state index in [9.17, 15) is 0 Å². The Morgan fingerprint density at radius 2 is 2.15 bits per heavy atom. The van der Waals surface area contributed by atoms with E-state index in [0.717, 1.165) is 30.2 Å². The Morgan fingerprint density at radius 3 is 2.95 bits per heavy atom. The number of rotatable bonds is 6. The lowest BCUT2D eigenvalue weighted by molar-refractivity contribution is 0.590. The van der Waals surface area contributed by atoms with Gasteiger partial charge in [-0.05, 0) is 24.4 Å².